The number of benzene rings is 3. The fourth-order valence-corrected chi connectivity index (χ4v) is 8.18. The molecular formula is C39H41NO14. The van der Waals surface area contributed by atoms with E-state index in [2.05, 4.69) is 10.1 Å². The van der Waals surface area contributed by atoms with Crippen LogP contribution in [0.5, 0.6) is 28.7 Å². The Morgan fingerprint density at radius 3 is 2.44 bits per heavy atom. The number of ether oxygens (including phenoxy) is 10. The number of anilines is 1. The van der Waals surface area contributed by atoms with Gasteiger partial charge in [-0.25, -0.2) is 4.79 Å². The van der Waals surface area contributed by atoms with Crippen LogP contribution < -0.4 is 29.0 Å². The van der Waals surface area contributed by atoms with E-state index in [0.29, 0.717) is 40.9 Å². The topological polar surface area (TPSA) is 176 Å². The van der Waals surface area contributed by atoms with E-state index in [0.717, 1.165) is 27.8 Å². The van der Waals surface area contributed by atoms with E-state index in [4.69, 9.17) is 42.6 Å². The van der Waals surface area contributed by atoms with Crippen molar-refractivity contribution in [1.29, 1.82) is 0 Å². The van der Waals surface area contributed by atoms with Crippen LogP contribution in [0.1, 0.15) is 40.7 Å². The number of hydrogen-bond donors (Lipinski definition) is 2. The van der Waals surface area contributed by atoms with Crippen LogP contribution in [-0.4, -0.2) is 95.0 Å². The second-order valence-corrected chi connectivity index (χ2v) is 13.8. The minimum Gasteiger partial charge on any atom is -0.493 e. The quantitative estimate of drug-likeness (QED) is 0.303. The van der Waals surface area contributed by atoms with Crippen LogP contribution in [0, 0.1) is 11.8 Å². The summed E-state index contributed by atoms with van der Waals surface area (Å²) in [5.41, 5.74) is 4.58. The number of carbonyl (C=O) groups is 3. The van der Waals surface area contributed by atoms with Gasteiger partial charge in [-0.05, 0) is 65.9 Å². The number of carbonyl (C=O) groups excluding carboxylic acids is 3. The van der Waals surface area contributed by atoms with Gasteiger partial charge in [0.2, 0.25) is 12.5 Å². The van der Waals surface area contributed by atoms with Crippen LogP contribution in [0.25, 0.3) is 0 Å². The molecule has 2 unspecified atom stereocenters. The van der Waals surface area contributed by atoms with Crippen LogP contribution in [0.15, 0.2) is 42.5 Å². The number of rotatable bonds is 9. The molecule has 0 spiro atoms. The normalized spacial score (nSPS) is 27.9. The van der Waals surface area contributed by atoms with Crippen molar-refractivity contribution in [2.45, 2.75) is 63.0 Å². The first-order valence-corrected chi connectivity index (χ1v) is 17.7. The Bertz CT molecular complexity index is 1920. The highest BCUT2D eigenvalue weighted by Crippen LogP contribution is 2.54. The van der Waals surface area contributed by atoms with Gasteiger partial charge in [0.05, 0.1) is 46.6 Å². The van der Waals surface area contributed by atoms with Crippen molar-refractivity contribution in [2.75, 3.05) is 46.7 Å². The molecule has 4 heterocycles. The molecule has 3 saturated heterocycles. The number of aliphatic hydroxyl groups is 1. The van der Waals surface area contributed by atoms with Gasteiger partial charge in [0.1, 0.15) is 24.9 Å². The number of aliphatic hydroxyl groups excluding tert-OH is 1. The lowest BCUT2D eigenvalue weighted by atomic mass is 9.66. The Hall–Kier alpha value is -5.09. The van der Waals surface area contributed by atoms with Gasteiger partial charge in [0, 0.05) is 29.5 Å². The lowest BCUT2D eigenvalue weighted by Crippen LogP contribution is -2.60. The molecule has 15 heteroatoms. The smallest absolute Gasteiger partial charge is 0.411 e. The molecule has 3 aromatic rings. The van der Waals surface area contributed by atoms with Crippen LogP contribution in [0.2, 0.25) is 0 Å². The molecule has 5 aliphatic rings. The summed E-state index contributed by atoms with van der Waals surface area (Å²) in [5.74, 6) is 0.162. The van der Waals surface area contributed by atoms with E-state index in [-0.39, 0.29) is 44.9 Å². The zero-order chi connectivity index (χ0) is 37.7. The highest BCUT2D eigenvalue weighted by Gasteiger charge is 2.51. The molecular weight excluding hydrogens is 706 g/mol. The number of Topliss-reactive ketones (excluding diaryl/α,β-unsaturated/α-hetero) is 1. The van der Waals surface area contributed by atoms with E-state index in [1.165, 1.54) is 21.3 Å². The summed E-state index contributed by atoms with van der Waals surface area (Å²) in [6.45, 7) is 2.23. The molecule has 8 rings (SSSR count). The molecule has 4 aliphatic heterocycles. The van der Waals surface area contributed by atoms with Gasteiger partial charge in [0.15, 0.2) is 35.1 Å². The molecule has 54 heavy (non-hydrogen) atoms. The van der Waals surface area contributed by atoms with Gasteiger partial charge < -0.3 is 52.5 Å². The minimum absolute atomic E-state index is 0.0136. The Morgan fingerprint density at radius 1 is 0.963 bits per heavy atom. The monoisotopic (exact) mass is 747 g/mol. The Kier molecular flexibility index (Phi) is 9.73. The third-order valence-corrected chi connectivity index (χ3v) is 10.8. The van der Waals surface area contributed by atoms with E-state index in [9.17, 15) is 19.5 Å². The first-order valence-electron chi connectivity index (χ1n) is 17.7. The van der Waals surface area contributed by atoms with Crippen molar-refractivity contribution in [3.05, 3.63) is 70.3 Å². The lowest BCUT2D eigenvalue weighted by Gasteiger charge is -2.42. The molecule has 0 radical (unpaired) electrons. The van der Waals surface area contributed by atoms with Gasteiger partial charge in [-0.2, -0.15) is 0 Å². The van der Waals surface area contributed by atoms with Crippen molar-refractivity contribution >= 4 is 23.5 Å². The van der Waals surface area contributed by atoms with E-state index in [1.807, 2.05) is 30.3 Å². The lowest BCUT2D eigenvalue weighted by molar-refractivity contribution is -0.276. The summed E-state index contributed by atoms with van der Waals surface area (Å²) in [6, 6.07) is 12.7. The number of nitrogens with one attached hydrogen (secondary N) is 1. The largest absolute Gasteiger partial charge is 0.493 e. The van der Waals surface area contributed by atoms with E-state index < -0.39 is 54.4 Å². The van der Waals surface area contributed by atoms with Crippen molar-refractivity contribution < 1.29 is 66.9 Å². The zero-order valence-electron chi connectivity index (χ0n) is 30.2. The van der Waals surface area contributed by atoms with Crippen molar-refractivity contribution in [3.8, 4) is 28.7 Å². The number of esters is 1. The maximum absolute atomic E-state index is 13.5. The predicted octanol–water partition coefficient (Wildman–Crippen LogP) is 3.67. The number of ketones is 1. The van der Waals surface area contributed by atoms with Crippen molar-refractivity contribution in [1.82, 2.24) is 0 Å². The summed E-state index contributed by atoms with van der Waals surface area (Å²) in [5, 5.41) is 13.8. The first-order chi connectivity index (χ1) is 26.2. The van der Waals surface area contributed by atoms with Gasteiger partial charge >= 0.3 is 12.1 Å². The maximum atomic E-state index is 13.5. The SMILES string of the molecule is COC(=O)Nc1ccc(COc2c(OC)cc([C@@H]3c4cc5c(c(C[C@@H]6O[C@@H]7COC(C)O[C@H]7C(=O)[C@H]6O)c4C[C@H]4COC(=O)C43)OCO5)cc2OC)cc1. The highest BCUT2D eigenvalue weighted by atomic mass is 16.7. The van der Waals surface area contributed by atoms with Crippen LogP contribution >= 0.6 is 0 Å². The van der Waals surface area contributed by atoms with Crippen LogP contribution in [0.4, 0.5) is 10.5 Å². The fraction of sp³-hybridized carbons (Fsp3) is 0.462. The van der Waals surface area contributed by atoms with E-state index in [1.54, 1.807) is 19.1 Å². The standard InChI is InChI=1S/C39H41NO14/c1-18-48-16-30-37(53-18)34(42)33(41)26(54-30)13-25-23-9-21-15-50-38(43)32(21)31(24(23)12-29-35(25)52-17-51-29)20-10-27(45-2)36(28(11-20)46-3)49-14-19-5-7-22(8-6-19)40-39(44)47-4/h5-8,10-12,18,21,26,30-33,37,41H,9,13-17H2,1-4H3,(H,40,44)/t18?,21-,26-,30+,31+,32?,33-,37+/m0/s1. The van der Waals surface area contributed by atoms with Gasteiger partial charge in [-0.3, -0.25) is 14.9 Å². The fourth-order valence-electron chi connectivity index (χ4n) is 8.18. The van der Waals surface area contributed by atoms with Gasteiger partial charge in [-0.15, -0.1) is 0 Å². The number of fused-ring (bicyclic) bond motifs is 4. The summed E-state index contributed by atoms with van der Waals surface area (Å²) >= 11 is 0. The van der Waals surface area contributed by atoms with Gasteiger partial charge in [-0.1, -0.05) is 12.1 Å². The predicted molar refractivity (Wildman–Crippen MR) is 186 cm³/mol. The molecule has 0 bridgehead atoms. The molecule has 2 N–H and O–H groups in total. The molecule has 8 atom stereocenters. The summed E-state index contributed by atoms with van der Waals surface area (Å²) < 4.78 is 57.8. The average molecular weight is 748 g/mol. The van der Waals surface area contributed by atoms with Crippen LogP contribution in [-0.2, 0) is 52.7 Å². The summed E-state index contributed by atoms with van der Waals surface area (Å²) in [4.78, 5) is 38.4. The number of hydrogen-bond acceptors (Lipinski definition) is 14. The molecule has 286 valence electrons. The zero-order valence-corrected chi connectivity index (χ0v) is 30.2. The Labute approximate surface area is 310 Å². The molecule has 3 fully saturated rings. The molecule has 0 saturated carbocycles. The number of amides is 1. The van der Waals surface area contributed by atoms with Crippen LogP contribution in [0.3, 0.4) is 0 Å². The summed E-state index contributed by atoms with van der Waals surface area (Å²) in [6.07, 6.45) is -4.48. The maximum Gasteiger partial charge on any atom is 0.411 e. The third kappa shape index (κ3) is 6.44. The average Bonchev–Trinajstić information content (AvgIpc) is 3.81. The summed E-state index contributed by atoms with van der Waals surface area (Å²) in [7, 11) is 4.35. The molecule has 0 aromatic heterocycles. The number of cyclic esters (lactones) is 1. The second-order valence-electron chi connectivity index (χ2n) is 13.8. The molecule has 1 aliphatic carbocycles. The molecule has 15 nitrogen and oxygen atoms in total. The molecule has 3 aromatic carbocycles. The second kappa shape index (κ2) is 14.6. The van der Waals surface area contributed by atoms with E-state index >= 15 is 0 Å². The Balaban J connectivity index is 1.14. The number of methoxy groups -OCH3 is 3. The van der Waals surface area contributed by atoms with Gasteiger partial charge in [0.25, 0.3) is 0 Å². The van der Waals surface area contributed by atoms with Crippen molar-refractivity contribution in [3.63, 3.8) is 0 Å². The highest BCUT2D eigenvalue weighted by molar-refractivity contribution is 5.89. The van der Waals surface area contributed by atoms with Crippen molar-refractivity contribution in [2.24, 2.45) is 11.8 Å². The molecule has 1 amide bonds. The minimum atomic E-state index is -1.44. The first kappa shape index (κ1) is 35.9. The third-order valence-electron chi connectivity index (χ3n) is 10.8. The Morgan fingerprint density at radius 2 is 1.72 bits per heavy atom.